The first-order valence-corrected chi connectivity index (χ1v) is 14.3. The number of carbonyl (C=O) groups excluding carboxylic acids is 1. The number of hydrogen-bond donors (Lipinski definition) is 1. The van der Waals surface area contributed by atoms with Crippen molar-refractivity contribution < 1.29 is 9.53 Å². The van der Waals surface area contributed by atoms with E-state index < -0.39 is 5.60 Å². The van der Waals surface area contributed by atoms with E-state index in [1.807, 2.05) is 63.2 Å². The van der Waals surface area contributed by atoms with Crippen LogP contribution in [0.2, 0.25) is 5.02 Å². The van der Waals surface area contributed by atoms with Gasteiger partial charge in [-0.15, -0.1) is 0 Å². The van der Waals surface area contributed by atoms with Gasteiger partial charge in [-0.2, -0.15) is 0 Å². The minimum atomic E-state index is -0.522. The number of carbonyl (C=O) groups is 1. The van der Waals surface area contributed by atoms with E-state index in [1.165, 1.54) is 5.56 Å². The Bertz CT molecular complexity index is 1690. The molecule has 7 nitrogen and oxygen atoms in total. The Hall–Kier alpha value is -4.10. The number of aromatic nitrogens is 3. The highest BCUT2D eigenvalue weighted by atomic mass is 35.5. The van der Waals surface area contributed by atoms with Crippen molar-refractivity contribution >= 4 is 45.3 Å². The first-order valence-electron chi connectivity index (χ1n) is 13.9. The van der Waals surface area contributed by atoms with Gasteiger partial charge in [-0.1, -0.05) is 66.2 Å². The Morgan fingerprint density at radius 1 is 1.00 bits per heavy atom. The van der Waals surface area contributed by atoms with Crippen LogP contribution in [0, 0.1) is 6.92 Å². The fraction of sp³-hybridized carbons (Fsp3) is 0.303. The van der Waals surface area contributed by atoms with Crippen LogP contribution in [-0.2, 0) is 11.3 Å². The minimum Gasteiger partial charge on any atom is -0.444 e. The molecule has 0 fully saturated rings. The van der Waals surface area contributed by atoms with E-state index in [1.54, 1.807) is 11.9 Å². The van der Waals surface area contributed by atoms with Crippen LogP contribution < -0.4 is 5.32 Å². The van der Waals surface area contributed by atoms with E-state index in [0.29, 0.717) is 30.5 Å². The Kier molecular flexibility index (Phi) is 8.18. The first kappa shape index (κ1) is 28.4. The van der Waals surface area contributed by atoms with E-state index in [4.69, 9.17) is 26.3 Å². The van der Waals surface area contributed by atoms with Crippen LogP contribution in [0.25, 0.3) is 33.2 Å². The van der Waals surface area contributed by atoms with Crippen LogP contribution >= 0.6 is 11.6 Å². The molecule has 0 saturated carbocycles. The van der Waals surface area contributed by atoms with Crippen molar-refractivity contribution in [2.24, 2.45) is 0 Å². The number of benzene rings is 3. The lowest BCUT2D eigenvalue weighted by atomic mass is 10.1. The summed E-state index contributed by atoms with van der Waals surface area (Å²) in [6.45, 7) is 9.54. The molecule has 5 aromatic rings. The molecular formula is C33H36ClN5O2. The zero-order valence-electron chi connectivity index (χ0n) is 24.2. The highest BCUT2D eigenvalue weighted by Gasteiger charge is 2.20. The molecule has 0 radical (unpaired) electrons. The van der Waals surface area contributed by atoms with E-state index in [-0.39, 0.29) is 6.09 Å². The third-order valence-corrected chi connectivity index (χ3v) is 7.19. The number of nitrogens with one attached hydrogen (secondary N) is 1. The van der Waals surface area contributed by atoms with E-state index in [0.717, 1.165) is 45.2 Å². The van der Waals surface area contributed by atoms with Gasteiger partial charge in [0.15, 0.2) is 5.82 Å². The molecule has 0 atom stereocenters. The van der Waals surface area contributed by atoms with E-state index in [9.17, 15) is 4.79 Å². The lowest BCUT2D eigenvalue weighted by Gasteiger charge is -2.24. The van der Waals surface area contributed by atoms with Gasteiger partial charge in [0, 0.05) is 49.2 Å². The summed E-state index contributed by atoms with van der Waals surface area (Å²) in [5.74, 6) is 1.40. The monoisotopic (exact) mass is 569 g/mol. The van der Waals surface area contributed by atoms with E-state index >= 15 is 0 Å². The quantitative estimate of drug-likeness (QED) is 0.192. The summed E-state index contributed by atoms with van der Waals surface area (Å²) in [6, 6.07) is 22.4. The summed E-state index contributed by atoms with van der Waals surface area (Å²) in [7, 11) is 1.76. The van der Waals surface area contributed by atoms with Gasteiger partial charge in [-0.05, 0) is 57.4 Å². The van der Waals surface area contributed by atoms with Crippen molar-refractivity contribution in [2.75, 3.05) is 25.5 Å². The predicted octanol–water partition coefficient (Wildman–Crippen LogP) is 7.93. The Morgan fingerprint density at radius 2 is 1.73 bits per heavy atom. The molecule has 0 saturated heterocycles. The third-order valence-electron chi connectivity index (χ3n) is 6.88. The second-order valence-corrected chi connectivity index (χ2v) is 11.7. The fourth-order valence-corrected chi connectivity index (χ4v) is 5.19. The van der Waals surface area contributed by atoms with E-state index in [2.05, 4.69) is 47.3 Å². The Balaban J connectivity index is 1.46. The number of aryl methyl sites for hydroxylation is 1. The van der Waals surface area contributed by atoms with Gasteiger partial charge in [-0.3, -0.25) is 0 Å². The SMILES string of the molecule is Cc1cccc2c(NCCCN(C)C(=O)OC(C)(C)C)nc(-c3cn(Cc4ccccc4)c4c(Cl)cccc34)nc12. The maximum absolute atomic E-state index is 12.3. The molecular weight excluding hydrogens is 534 g/mol. The second-order valence-electron chi connectivity index (χ2n) is 11.3. The molecule has 3 aromatic carbocycles. The van der Waals surface area contributed by atoms with Gasteiger partial charge in [-0.25, -0.2) is 14.8 Å². The van der Waals surface area contributed by atoms with Crippen LogP contribution in [0.5, 0.6) is 0 Å². The smallest absolute Gasteiger partial charge is 0.410 e. The number of anilines is 1. The molecule has 2 aromatic heterocycles. The largest absolute Gasteiger partial charge is 0.444 e. The van der Waals surface area contributed by atoms with Crippen molar-refractivity contribution in [2.45, 2.75) is 46.3 Å². The topological polar surface area (TPSA) is 72.3 Å². The van der Waals surface area contributed by atoms with Crippen LogP contribution in [0.3, 0.4) is 0 Å². The summed E-state index contributed by atoms with van der Waals surface area (Å²) < 4.78 is 7.64. The first-order chi connectivity index (χ1) is 19.6. The molecule has 0 spiro atoms. The van der Waals surface area contributed by atoms with Crippen molar-refractivity contribution in [1.29, 1.82) is 0 Å². The van der Waals surface area contributed by atoms with Crippen molar-refractivity contribution in [3.63, 3.8) is 0 Å². The lowest BCUT2D eigenvalue weighted by molar-refractivity contribution is 0.0298. The van der Waals surface area contributed by atoms with Gasteiger partial charge < -0.3 is 19.5 Å². The van der Waals surface area contributed by atoms with Gasteiger partial charge in [0.05, 0.1) is 16.1 Å². The van der Waals surface area contributed by atoms with Gasteiger partial charge in [0.25, 0.3) is 0 Å². The lowest BCUT2D eigenvalue weighted by Crippen LogP contribution is -2.35. The molecule has 41 heavy (non-hydrogen) atoms. The average Bonchev–Trinajstić information content (AvgIpc) is 3.30. The van der Waals surface area contributed by atoms with Gasteiger partial charge in [0.1, 0.15) is 11.4 Å². The number of amides is 1. The molecule has 8 heteroatoms. The van der Waals surface area contributed by atoms with Crippen molar-refractivity contribution in [1.82, 2.24) is 19.4 Å². The molecule has 212 valence electrons. The second kappa shape index (κ2) is 11.8. The van der Waals surface area contributed by atoms with Gasteiger partial charge >= 0.3 is 6.09 Å². The van der Waals surface area contributed by atoms with Gasteiger partial charge in [0.2, 0.25) is 0 Å². The average molecular weight is 570 g/mol. The predicted molar refractivity (Wildman–Crippen MR) is 168 cm³/mol. The molecule has 1 N–H and O–H groups in total. The standard InChI is InChI=1S/C33H36ClN5O2/c1-22-12-9-16-25-28(22)36-31(37-30(25)35-18-11-19-38(5)32(40)41-33(2,3)4)26-21-39(20-23-13-7-6-8-14-23)29-24(26)15-10-17-27(29)34/h6-10,12-17,21H,11,18-20H2,1-5H3,(H,35,36,37). The molecule has 1 amide bonds. The summed E-state index contributed by atoms with van der Waals surface area (Å²) >= 11 is 6.74. The summed E-state index contributed by atoms with van der Waals surface area (Å²) in [5, 5.41) is 6.16. The molecule has 0 aliphatic rings. The van der Waals surface area contributed by atoms with Crippen LogP contribution in [0.15, 0.2) is 72.9 Å². The van der Waals surface area contributed by atoms with Crippen LogP contribution in [0.1, 0.15) is 38.3 Å². The molecule has 0 bridgehead atoms. The Morgan fingerprint density at radius 3 is 2.49 bits per heavy atom. The molecule has 2 heterocycles. The number of rotatable bonds is 8. The number of nitrogens with zero attached hydrogens (tertiary/aromatic N) is 4. The zero-order valence-corrected chi connectivity index (χ0v) is 25.0. The maximum Gasteiger partial charge on any atom is 0.410 e. The van der Waals surface area contributed by atoms with Crippen molar-refractivity contribution in [3.8, 4) is 11.4 Å². The number of fused-ring (bicyclic) bond motifs is 2. The minimum absolute atomic E-state index is 0.326. The Labute approximate surface area is 246 Å². The highest BCUT2D eigenvalue weighted by Crippen LogP contribution is 2.35. The van der Waals surface area contributed by atoms with Crippen LogP contribution in [0.4, 0.5) is 10.6 Å². The normalized spacial score (nSPS) is 11.7. The molecule has 0 aliphatic carbocycles. The summed E-state index contributed by atoms with van der Waals surface area (Å²) in [4.78, 5) is 24.0. The zero-order chi connectivity index (χ0) is 29.1. The molecule has 0 aliphatic heterocycles. The van der Waals surface area contributed by atoms with Crippen LogP contribution in [-0.4, -0.2) is 51.3 Å². The maximum atomic E-state index is 12.3. The van der Waals surface area contributed by atoms with Crippen molar-refractivity contribution in [3.05, 3.63) is 89.1 Å². The fourth-order valence-electron chi connectivity index (χ4n) is 4.90. The third kappa shape index (κ3) is 6.46. The number of hydrogen-bond acceptors (Lipinski definition) is 5. The number of halogens is 1. The highest BCUT2D eigenvalue weighted by molar-refractivity contribution is 6.35. The molecule has 0 unspecified atom stereocenters. The number of para-hydroxylation sites is 2. The number of ether oxygens (including phenoxy) is 1. The molecule has 5 rings (SSSR count). The summed E-state index contributed by atoms with van der Waals surface area (Å²) in [5.41, 5.74) is 4.52. The summed E-state index contributed by atoms with van der Waals surface area (Å²) in [6.07, 6.45) is 2.50.